The summed E-state index contributed by atoms with van der Waals surface area (Å²) in [5.74, 6) is 0.528. The van der Waals surface area contributed by atoms with Crippen molar-refractivity contribution >= 4 is 39.8 Å². The molecule has 0 amide bonds. The topological polar surface area (TPSA) is 63.8 Å². The molecule has 2 aromatic heterocycles. The van der Waals surface area contributed by atoms with Crippen LogP contribution in [-0.4, -0.2) is 16.6 Å². The van der Waals surface area contributed by atoms with E-state index in [1.165, 1.54) is 0 Å². The van der Waals surface area contributed by atoms with Gasteiger partial charge in [0.05, 0.1) is 22.8 Å². The maximum Gasteiger partial charge on any atom is 0.224 e. The van der Waals surface area contributed by atoms with E-state index in [0.29, 0.717) is 17.6 Å². The zero-order chi connectivity index (χ0) is 13.2. The minimum absolute atomic E-state index is 0.295. The van der Waals surface area contributed by atoms with Crippen molar-refractivity contribution in [1.29, 1.82) is 0 Å². The Morgan fingerprint density at radius 1 is 1.26 bits per heavy atom. The summed E-state index contributed by atoms with van der Waals surface area (Å²) in [5.41, 5.74) is 7.21. The highest BCUT2D eigenvalue weighted by Crippen LogP contribution is 2.31. The average molecular weight is 291 g/mol. The van der Waals surface area contributed by atoms with Crippen molar-refractivity contribution in [1.82, 2.24) is 9.97 Å². The van der Waals surface area contributed by atoms with Crippen molar-refractivity contribution < 1.29 is 0 Å². The number of hydrogen-bond donors (Lipinski definition) is 2. The van der Waals surface area contributed by atoms with Crippen molar-refractivity contribution in [3.63, 3.8) is 0 Å². The van der Waals surface area contributed by atoms with Crippen molar-refractivity contribution in [3.8, 4) is 10.6 Å². The van der Waals surface area contributed by atoms with Gasteiger partial charge in [0.2, 0.25) is 5.95 Å². The number of aromatic nitrogens is 2. The molecule has 2 heterocycles. The molecule has 0 unspecified atom stereocenters. The van der Waals surface area contributed by atoms with Crippen LogP contribution in [-0.2, 0) is 0 Å². The average Bonchev–Trinajstić information content (AvgIpc) is 2.92. The zero-order valence-corrected chi connectivity index (χ0v) is 11.5. The van der Waals surface area contributed by atoms with E-state index in [2.05, 4.69) is 15.3 Å². The summed E-state index contributed by atoms with van der Waals surface area (Å²) in [6, 6.07) is 9.62. The van der Waals surface area contributed by atoms with Gasteiger partial charge >= 0.3 is 0 Å². The Morgan fingerprint density at radius 3 is 2.89 bits per heavy atom. The lowest BCUT2D eigenvalue weighted by Gasteiger charge is -2.08. The Morgan fingerprint density at radius 2 is 2.16 bits per heavy atom. The molecule has 19 heavy (non-hydrogen) atoms. The van der Waals surface area contributed by atoms with Crippen molar-refractivity contribution in [2.24, 2.45) is 5.73 Å². The van der Waals surface area contributed by atoms with Crippen LogP contribution < -0.4 is 11.1 Å². The SMILES string of the molecule is NCNc1nc(-c2cccs2)c2cc(Cl)ccc2n1. The molecule has 0 atom stereocenters. The van der Waals surface area contributed by atoms with E-state index in [1.54, 1.807) is 11.3 Å². The van der Waals surface area contributed by atoms with Gasteiger partial charge in [0.15, 0.2) is 0 Å². The molecule has 3 rings (SSSR count). The Labute approximate surface area is 119 Å². The number of rotatable bonds is 3. The normalized spacial score (nSPS) is 10.8. The monoisotopic (exact) mass is 290 g/mol. The first-order valence-electron chi connectivity index (χ1n) is 5.73. The highest BCUT2D eigenvalue weighted by atomic mass is 35.5. The van der Waals surface area contributed by atoms with E-state index in [9.17, 15) is 0 Å². The summed E-state index contributed by atoms with van der Waals surface area (Å²) < 4.78 is 0. The smallest absolute Gasteiger partial charge is 0.224 e. The van der Waals surface area contributed by atoms with Crippen molar-refractivity contribution in [2.45, 2.75) is 0 Å². The molecule has 0 aliphatic heterocycles. The third-order valence-electron chi connectivity index (χ3n) is 2.67. The van der Waals surface area contributed by atoms with Crippen LogP contribution in [0.15, 0.2) is 35.7 Å². The molecule has 0 radical (unpaired) electrons. The largest absolute Gasteiger partial charge is 0.342 e. The molecule has 3 aromatic rings. The Balaban J connectivity index is 2.29. The van der Waals surface area contributed by atoms with Crippen LogP contribution in [0, 0.1) is 0 Å². The lowest BCUT2D eigenvalue weighted by atomic mass is 10.1. The van der Waals surface area contributed by atoms with Gasteiger partial charge < -0.3 is 11.1 Å². The van der Waals surface area contributed by atoms with Crippen LogP contribution in [0.2, 0.25) is 5.02 Å². The number of thiophene rings is 1. The minimum Gasteiger partial charge on any atom is -0.342 e. The predicted octanol–water partition coefficient (Wildman–Crippen LogP) is 3.34. The highest BCUT2D eigenvalue weighted by molar-refractivity contribution is 7.13. The molecule has 0 spiro atoms. The Hall–Kier alpha value is -1.69. The van der Waals surface area contributed by atoms with E-state index in [0.717, 1.165) is 21.5 Å². The van der Waals surface area contributed by atoms with Crippen LogP contribution in [0.4, 0.5) is 5.95 Å². The predicted molar refractivity (Wildman–Crippen MR) is 80.5 cm³/mol. The van der Waals surface area contributed by atoms with E-state index in [-0.39, 0.29) is 0 Å². The first-order chi connectivity index (χ1) is 9.28. The molecule has 0 fully saturated rings. The molecule has 96 valence electrons. The molecule has 0 bridgehead atoms. The minimum atomic E-state index is 0.295. The van der Waals surface area contributed by atoms with Gasteiger partial charge in [0, 0.05) is 10.4 Å². The molecule has 3 N–H and O–H groups in total. The number of hydrogen-bond acceptors (Lipinski definition) is 5. The fourth-order valence-corrected chi connectivity index (χ4v) is 2.77. The second-order valence-corrected chi connectivity index (χ2v) is 5.30. The number of benzene rings is 1. The maximum atomic E-state index is 6.07. The van der Waals surface area contributed by atoms with E-state index in [1.807, 2.05) is 35.7 Å². The standard InChI is InChI=1S/C13H11ClN4S/c14-8-3-4-10-9(6-8)12(11-2-1-5-19-11)18-13(17-10)16-7-15/h1-6H,7,15H2,(H,16,17,18). The summed E-state index contributed by atoms with van der Waals surface area (Å²) in [6.45, 7) is 0.295. The van der Waals surface area contributed by atoms with Gasteiger partial charge in [-0.2, -0.15) is 0 Å². The molecule has 6 heteroatoms. The van der Waals surface area contributed by atoms with E-state index >= 15 is 0 Å². The molecule has 4 nitrogen and oxygen atoms in total. The number of nitrogens with two attached hydrogens (primary N) is 1. The number of halogens is 1. The maximum absolute atomic E-state index is 6.07. The lowest BCUT2D eigenvalue weighted by Crippen LogP contribution is -2.13. The van der Waals surface area contributed by atoms with E-state index < -0.39 is 0 Å². The van der Waals surface area contributed by atoms with Gasteiger partial charge in [-0.15, -0.1) is 11.3 Å². The molecular formula is C13H11ClN4S. The number of anilines is 1. The van der Waals surface area contributed by atoms with Crippen LogP contribution in [0.1, 0.15) is 0 Å². The second-order valence-electron chi connectivity index (χ2n) is 3.92. The second kappa shape index (κ2) is 5.13. The third kappa shape index (κ3) is 2.40. The van der Waals surface area contributed by atoms with Gasteiger partial charge in [0.25, 0.3) is 0 Å². The molecule has 0 aliphatic rings. The van der Waals surface area contributed by atoms with Gasteiger partial charge in [0.1, 0.15) is 0 Å². The quantitative estimate of drug-likeness (QED) is 0.726. The van der Waals surface area contributed by atoms with E-state index in [4.69, 9.17) is 17.3 Å². The van der Waals surface area contributed by atoms with Crippen LogP contribution in [0.5, 0.6) is 0 Å². The summed E-state index contributed by atoms with van der Waals surface area (Å²) in [4.78, 5) is 10.0. The first kappa shape index (κ1) is 12.3. The summed E-state index contributed by atoms with van der Waals surface area (Å²) in [7, 11) is 0. The summed E-state index contributed by atoms with van der Waals surface area (Å²) >= 11 is 7.70. The van der Waals surface area contributed by atoms with Crippen molar-refractivity contribution in [3.05, 3.63) is 40.7 Å². The number of nitrogens with one attached hydrogen (secondary N) is 1. The molecule has 0 saturated heterocycles. The first-order valence-corrected chi connectivity index (χ1v) is 6.99. The molecular weight excluding hydrogens is 280 g/mol. The zero-order valence-electron chi connectivity index (χ0n) is 9.93. The van der Waals surface area contributed by atoms with Crippen LogP contribution >= 0.6 is 22.9 Å². The highest BCUT2D eigenvalue weighted by Gasteiger charge is 2.10. The Kier molecular flexibility index (Phi) is 3.33. The van der Waals surface area contributed by atoms with Gasteiger partial charge in [-0.05, 0) is 29.6 Å². The lowest BCUT2D eigenvalue weighted by molar-refractivity contribution is 1.08. The molecule has 1 aromatic carbocycles. The van der Waals surface area contributed by atoms with Crippen LogP contribution in [0.25, 0.3) is 21.5 Å². The third-order valence-corrected chi connectivity index (χ3v) is 3.78. The van der Waals surface area contributed by atoms with Crippen molar-refractivity contribution in [2.75, 3.05) is 12.0 Å². The summed E-state index contributed by atoms with van der Waals surface area (Å²) in [5, 5.41) is 6.58. The number of nitrogens with zero attached hydrogens (tertiary/aromatic N) is 2. The Bertz CT molecular complexity index is 712. The number of fused-ring (bicyclic) bond motifs is 1. The summed E-state index contributed by atoms with van der Waals surface area (Å²) in [6.07, 6.45) is 0. The molecule has 0 saturated carbocycles. The van der Waals surface area contributed by atoms with Crippen LogP contribution in [0.3, 0.4) is 0 Å². The van der Waals surface area contributed by atoms with Gasteiger partial charge in [-0.3, -0.25) is 0 Å². The molecule has 0 aliphatic carbocycles. The van der Waals surface area contributed by atoms with Gasteiger partial charge in [-0.25, -0.2) is 9.97 Å². The fraction of sp³-hybridized carbons (Fsp3) is 0.0769. The fourth-order valence-electron chi connectivity index (χ4n) is 1.87. The van der Waals surface area contributed by atoms with Gasteiger partial charge in [-0.1, -0.05) is 17.7 Å².